The van der Waals surface area contributed by atoms with E-state index in [-0.39, 0.29) is 43.8 Å². The van der Waals surface area contributed by atoms with Gasteiger partial charge in [0.25, 0.3) is 0 Å². The summed E-state index contributed by atoms with van der Waals surface area (Å²) in [4.78, 5) is 28.5. The van der Waals surface area contributed by atoms with Crippen molar-refractivity contribution in [2.75, 3.05) is 56.2 Å². The Morgan fingerprint density at radius 2 is 1.93 bits per heavy atom. The van der Waals surface area contributed by atoms with Gasteiger partial charge in [-0.2, -0.15) is 28.4 Å². The van der Waals surface area contributed by atoms with E-state index in [1.165, 1.54) is 17.0 Å². The third-order valence-corrected chi connectivity index (χ3v) is 8.23. The van der Waals surface area contributed by atoms with E-state index in [1.54, 1.807) is 11.0 Å². The number of anilines is 2. The molecule has 2 atom stereocenters. The molecule has 220 valence electrons. The Hall–Kier alpha value is -3.79. The summed E-state index contributed by atoms with van der Waals surface area (Å²) >= 11 is 0. The third-order valence-electron chi connectivity index (χ3n) is 8.23. The Kier molecular flexibility index (Phi) is 8.40. The number of benzene rings is 1. The second-order valence-corrected chi connectivity index (χ2v) is 10.8. The minimum absolute atomic E-state index is 0.0372. The number of piperazine rings is 1. The van der Waals surface area contributed by atoms with Gasteiger partial charge < -0.3 is 29.4 Å². The average Bonchev–Trinajstić information content (AvgIpc) is 3.23. The summed E-state index contributed by atoms with van der Waals surface area (Å²) in [6, 6.07) is 7.49. The molecule has 0 unspecified atom stereocenters. The molecule has 41 heavy (non-hydrogen) atoms. The second kappa shape index (κ2) is 12.0. The maximum absolute atomic E-state index is 13.9. The summed E-state index contributed by atoms with van der Waals surface area (Å²) < 4.78 is 47.8. The van der Waals surface area contributed by atoms with Crippen LogP contribution in [0.25, 0.3) is 0 Å². The number of carbonyl (C=O) groups is 1. The van der Waals surface area contributed by atoms with Crippen molar-refractivity contribution in [1.82, 2.24) is 19.8 Å². The first-order valence-corrected chi connectivity index (χ1v) is 13.9. The molecule has 5 rings (SSSR count). The molecule has 0 bridgehead atoms. The van der Waals surface area contributed by atoms with Gasteiger partial charge in [-0.15, -0.1) is 0 Å². The van der Waals surface area contributed by atoms with Crippen LogP contribution in [0.1, 0.15) is 42.5 Å². The molecule has 13 heteroatoms. The highest BCUT2D eigenvalue weighted by Crippen LogP contribution is 2.39. The smallest absolute Gasteiger partial charge is 0.418 e. The van der Waals surface area contributed by atoms with Crippen molar-refractivity contribution < 1.29 is 27.8 Å². The van der Waals surface area contributed by atoms with E-state index in [0.29, 0.717) is 44.0 Å². The lowest BCUT2D eigenvalue weighted by Gasteiger charge is -2.40. The Bertz CT molecular complexity index is 1300. The third kappa shape index (κ3) is 6.27. The lowest BCUT2D eigenvalue weighted by atomic mass is 10.1. The van der Waals surface area contributed by atoms with Crippen LogP contribution in [0, 0.1) is 11.3 Å². The highest BCUT2D eigenvalue weighted by atomic mass is 19.4. The number of halogens is 3. The number of para-hydroxylation sites is 1. The number of likely N-dealkylation sites (N-methyl/N-ethyl adjacent to an activating group) is 1. The predicted molar refractivity (Wildman–Crippen MR) is 145 cm³/mol. The molecular weight excluding hydrogens is 539 g/mol. The molecule has 10 nitrogen and oxygen atoms in total. The van der Waals surface area contributed by atoms with Crippen LogP contribution in [0.5, 0.6) is 6.01 Å². The lowest BCUT2D eigenvalue weighted by Crippen LogP contribution is -2.55. The van der Waals surface area contributed by atoms with Crippen molar-refractivity contribution in [3.8, 4) is 12.1 Å². The van der Waals surface area contributed by atoms with E-state index in [2.05, 4.69) is 11.0 Å². The first kappa shape index (κ1) is 28.7. The van der Waals surface area contributed by atoms with Crippen molar-refractivity contribution >= 4 is 17.6 Å². The van der Waals surface area contributed by atoms with Crippen LogP contribution in [0.4, 0.5) is 29.5 Å². The summed E-state index contributed by atoms with van der Waals surface area (Å²) in [5.41, 5.74) is 0.827. The van der Waals surface area contributed by atoms with Crippen LogP contribution in [0.15, 0.2) is 24.3 Å². The van der Waals surface area contributed by atoms with Gasteiger partial charge in [0.15, 0.2) is 0 Å². The summed E-state index contributed by atoms with van der Waals surface area (Å²) in [5, 5.41) is 19.0. The monoisotopic (exact) mass is 573 g/mol. The number of alkyl halides is 3. The van der Waals surface area contributed by atoms with Crippen molar-refractivity contribution in [2.45, 2.75) is 56.9 Å². The number of hydrogen-bond donors (Lipinski definition) is 1. The topological polar surface area (TPSA) is 109 Å². The molecule has 0 saturated carbocycles. The number of likely N-dealkylation sites (tertiary alicyclic amines) is 1. The zero-order valence-corrected chi connectivity index (χ0v) is 23.0. The number of ether oxygens (including phenoxy) is 1. The number of nitriles is 1. The summed E-state index contributed by atoms with van der Waals surface area (Å²) in [7, 11) is 2.04. The summed E-state index contributed by atoms with van der Waals surface area (Å²) in [6.45, 7) is 2.75. The fourth-order valence-electron chi connectivity index (χ4n) is 6.05. The van der Waals surface area contributed by atoms with E-state index in [4.69, 9.17) is 14.7 Å². The van der Waals surface area contributed by atoms with Crippen molar-refractivity contribution in [2.24, 2.45) is 0 Å². The molecule has 1 aromatic heterocycles. The Morgan fingerprint density at radius 1 is 1.12 bits per heavy atom. The van der Waals surface area contributed by atoms with E-state index in [0.717, 1.165) is 31.0 Å². The first-order valence-electron chi connectivity index (χ1n) is 13.9. The lowest BCUT2D eigenvalue weighted by molar-refractivity contribution is -0.137. The largest absolute Gasteiger partial charge is 0.465 e. The molecule has 1 N–H and O–H groups in total. The molecule has 3 aliphatic rings. The van der Waals surface area contributed by atoms with Crippen molar-refractivity contribution in [1.29, 1.82) is 5.26 Å². The van der Waals surface area contributed by atoms with Crippen molar-refractivity contribution in [3.63, 3.8) is 0 Å². The van der Waals surface area contributed by atoms with Gasteiger partial charge in [0, 0.05) is 43.5 Å². The number of carboxylic acid groups (broad SMARTS) is 1. The summed E-state index contributed by atoms with van der Waals surface area (Å²) in [6.07, 6.45) is -2.34. The minimum atomic E-state index is -4.50. The predicted octanol–water partition coefficient (Wildman–Crippen LogP) is 4.00. The number of fused-ring (bicyclic) bond motifs is 1. The van der Waals surface area contributed by atoms with Crippen LogP contribution in [0.3, 0.4) is 0 Å². The highest BCUT2D eigenvalue weighted by molar-refractivity contribution is 5.66. The molecule has 0 spiro atoms. The van der Waals surface area contributed by atoms with Gasteiger partial charge in [-0.05, 0) is 51.4 Å². The maximum atomic E-state index is 13.9. The molecule has 2 saturated heterocycles. The fraction of sp³-hybridized carbons (Fsp3) is 0.571. The molecular formula is C28H34F3N7O3. The molecule has 1 aromatic carbocycles. The molecule has 2 fully saturated rings. The van der Waals surface area contributed by atoms with Gasteiger partial charge >= 0.3 is 18.3 Å². The number of nitrogens with zero attached hydrogens (tertiary/aromatic N) is 7. The number of hydrogen-bond acceptors (Lipinski definition) is 8. The number of rotatable bonds is 6. The van der Waals surface area contributed by atoms with E-state index < -0.39 is 23.9 Å². The normalized spacial score (nSPS) is 21.8. The molecule has 0 radical (unpaired) electrons. The Morgan fingerprint density at radius 3 is 2.63 bits per heavy atom. The van der Waals surface area contributed by atoms with Gasteiger partial charge in [0.1, 0.15) is 12.4 Å². The number of aromatic nitrogens is 2. The van der Waals surface area contributed by atoms with Gasteiger partial charge in [0.2, 0.25) is 0 Å². The highest BCUT2D eigenvalue weighted by Gasteiger charge is 2.37. The minimum Gasteiger partial charge on any atom is -0.465 e. The SMILES string of the molecule is CN1CCC[C@H]1COc1nc2c(c(N3CCN(C(=O)O)[C@@H](CC#N)C3)n1)CCCN(c1ccccc1C(F)(F)F)C2. The molecule has 3 aliphatic heterocycles. The quantitative estimate of drug-likeness (QED) is 0.549. The van der Waals surface area contributed by atoms with Crippen molar-refractivity contribution in [3.05, 3.63) is 41.1 Å². The van der Waals surface area contributed by atoms with E-state index in [1.807, 2.05) is 11.9 Å². The molecule has 0 aliphatic carbocycles. The Labute approximate surface area is 236 Å². The maximum Gasteiger partial charge on any atom is 0.418 e. The zero-order chi connectivity index (χ0) is 29.1. The van der Waals surface area contributed by atoms with Crippen LogP contribution in [-0.2, 0) is 19.1 Å². The first-order chi connectivity index (χ1) is 19.7. The zero-order valence-electron chi connectivity index (χ0n) is 23.0. The van der Waals surface area contributed by atoms with Crippen LogP contribution >= 0.6 is 0 Å². The fourth-order valence-corrected chi connectivity index (χ4v) is 6.05. The molecule has 4 heterocycles. The average molecular weight is 574 g/mol. The van der Waals surface area contributed by atoms with E-state index in [9.17, 15) is 28.3 Å². The van der Waals surface area contributed by atoms with Gasteiger partial charge in [-0.25, -0.2) is 4.79 Å². The molecule has 2 aromatic rings. The Balaban J connectivity index is 1.50. The van der Waals surface area contributed by atoms with Crippen LogP contribution < -0.4 is 14.5 Å². The van der Waals surface area contributed by atoms with E-state index >= 15 is 0 Å². The summed E-state index contributed by atoms with van der Waals surface area (Å²) in [5.74, 6) is 0.601. The van der Waals surface area contributed by atoms with Crippen LogP contribution in [-0.4, -0.2) is 89.4 Å². The number of amides is 1. The standard InChI is InChI=1S/C28H34F3N7O3/c1-35-12-4-6-20(35)18-41-26-33-23-17-36(24-9-3-2-8-22(24)28(29,30)31)13-5-7-21(23)25(34-26)37-14-15-38(27(39)40)19(16-37)10-11-32/h2-3,8-9,19-20H,4-7,10,12-18H2,1H3,(H,39,40)/t19-,20-/m0/s1. The second-order valence-electron chi connectivity index (χ2n) is 10.8. The van der Waals surface area contributed by atoms with Crippen LogP contribution in [0.2, 0.25) is 0 Å². The molecule has 1 amide bonds. The van der Waals surface area contributed by atoms with Gasteiger partial charge in [-0.3, -0.25) is 0 Å². The van der Waals surface area contributed by atoms with Gasteiger partial charge in [0.05, 0.1) is 36.3 Å². The van der Waals surface area contributed by atoms with Gasteiger partial charge in [-0.1, -0.05) is 12.1 Å².